The van der Waals surface area contributed by atoms with Crippen molar-refractivity contribution in [3.63, 3.8) is 0 Å². The number of nitrogens with one attached hydrogen (secondary N) is 1. The molecule has 0 spiro atoms. The summed E-state index contributed by atoms with van der Waals surface area (Å²) in [6.07, 6.45) is 3.44. The smallest absolute Gasteiger partial charge is 0.220 e. The molecule has 1 N–H and O–H groups in total. The van der Waals surface area contributed by atoms with Gasteiger partial charge in [0.1, 0.15) is 0 Å². The minimum Gasteiger partial charge on any atom is -0.354 e. The zero-order valence-electron chi connectivity index (χ0n) is 22.5. The number of hydrogen-bond donors (Lipinski definition) is 1. The van der Waals surface area contributed by atoms with Crippen LogP contribution < -0.4 is 5.32 Å². The highest BCUT2D eigenvalue weighted by atomic mass is 32.2. The second kappa shape index (κ2) is 14.2. The van der Waals surface area contributed by atoms with Crippen LogP contribution in [0.5, 0.6) is 0 Å². The average Bonchev–Trinajstić information content (AvgIpc) is 3.29. The van der Waals surface area contributed by atoms with Crippen LogP contribution in [0.2, 0.25) is 0 Å². The van der Waals surface area contributed by atoms with E-state index >= 15 is 0 Å². The van der Waals surface area contributed by atoms with Gasteiger partial charge in [-0.15, -0.1) is 10.2 Å². The summed E-state index contributed by atoms with van der Waals surface area (Å²) in [5.41, 5.74) is 4.51. The third-order valence-corrected chi connectivity index (χ3v) is 7.44. The first-order valence-corrected chi connectivity index (χ1v) is 14.1. The molecule has 3 rings (SSSR count). The van der Waals surface area contributed by atoms with E-state index in [9.17, 15) is 4.79 Å². The topological polar surface area (TPSA) is 63.1 Å². The van der Waals surface area contributed by atoms with Gasteiger partial charge in [-0.3, -0.25) is 9.36 Å². The minimum atomic E-state index is 0.131. The number of rotatable bonds is 14. The largest absolute Gasteiger partial charge is 0.354 e. The lowest BCUT2D eigenvalue weighted by Crippen LogP contribution is -2.33. The number of amides is 1. The van der Waals surface area contributed by atoms with E-state index in [-0.39, 0.29) is 11.9 Å². The quantitative estimate of drug-likeness (QED) is 0.213. The van der Waals surface area contributed by atoms with Gasteiger partial charge in [-0.1, -0.05) is 73.1 Å². The molecule has 36 heavy (non-hydrogen) atoms. The molecule has 0 radical (unpaired) electrons. The maximum atomic E-state index is 12.4. The lowest BCUT2D eigenvalue weighted by molar-refractivity contribution is -0.121. The highest BCUT2D eigenvalue weighted by Crippen LogP contribution is 2.29. The Kier molecular flexibility index (Phi) is 11.0. The zero-order valence-corrected chi connectivity index (χ0v) is 23.3. The van der Waals surface area contributed by atoms with E-state index in [1.807, 2.05) is 0 Å². The van der Waals surface area contributed by atoms with Crippen LogP contribution in [-0.4, -0.2) is 57.0 Å². The molecular formula is C29H41N5OS. The maximum absolute atomic E-state index is 12.4. The molecule has 1 atom stereocenters. The van der Waals surface area contributed by atoms with E-state index in [4.69, 9.17) is 0 Å². The maximum Gasteiger partial charge on any atom is 0.220 e. The Balaban J connectivity index is 1.55. The highest BCUT2D eigenvalue weighted by Gasteiger charge is 2.16. The van der Waals surface area contributed by atoms with Crippen LogP contribution in [0, 0.1) is 13.8 Å². The second-order valence-electron chi connectivity index (χ2n) is 9.43. The van der Waals surface area contributed by atoms with Gasteiger partial charge in [0.15, 0.2) is 11.0 Å². The number of aryl methyl sites for hydroxylation is 2. The van der Waals surface area contributed by atoms with Crippen LogP contribution >= 0.6 is 11.8 Å². The molecule has 6 nitrogen and oxygen atoms in total. The predicted molar refractivity (Wildman–Crippen MR) is 151 cm³/mol. The molecule has 0 saturated carbocycles. The third kappa shape index (κ3) is 8.20. The van der Waals surface area contributed by atoms with Crippen molar-refractivity contribution in [1.29, 1.82) is 0 Å². The van der Waals surface area contributed by atoms with E-state index in [1.54, 1.807) is 11.8 Å². The molecule has 0 fully saturated rings. The van der Waals surface area contributed by atoms with Gasteiger partial charge in [0.05, 0.1) is 0 Å². The molecular weight excluding hydrogens is 466 g/mol. The first kappa shape index (κ1) is 27.9. The molecule has 0 saturated heterocycles. The molecule has 0 aliphatic heterocycles. The zero-order chi connectivity index (χ0) is 25.9. The monoisotopic (exact) mass is 507 g/mol. The van der Waals surface area contributed by atoms with Crippen molar-refractivity contribution in [3.05, 3.63) is 59.7 Å². The molecule has 0 bridgehead atoms. The van der Waals surface area contributed by atoms with Crippen molar-refractivity contribution >= 4 is 17.7 Å². The Hall–Kier alpha value is -2.64. The minimum absolute atomic E-state index is 0.131. The first-order valence-electron chi connectivity index (χ1n) is 13.1. The van der Waals surface area contributed by atoms with Gasteiger partial charge in [0, 0.05) is 29.5 Å². The molecule has 1 unspecified atom stereocenters. The van der Waals surface area contributed by atoms with Gasteiger partial charge in [-0.25, -0.2) is 0 Å². The second-order valence-corrected chi connectivity index (χ2v) is 10.5. The SMILES string of the molecule is CCN(CC)CCCC(C)NC(=O)CCCSc1nnc(-c2ccc(C)cc2)n1-c1ccc(C)cc1. The van der Waals surface area contributed by atoms with Crippen molar-refractivity contribution in [2.24, 2.45) is 0 Å². The van der Waals surface area contributed by atoms with Crippen LogP contribution in [0.25, 0.3) is 17.1 Å². The Morgan fingerprint density at radius 2 is 1.61 bits per heavy atom. The normalized spacial score (nSPS) is 12.2. The van der Waals surface area contributed by atoms with Crippen molar-refractivity contribution in [2.75, 3.05) is 25.4 Å². The Morgan fingerprint density at radius 1 is 0.972 bits per heavy atom. The van der Waals surface area contributed by atoms with Crippen LogP contribution in [-0.2, 0) is 4.79 Å². The van der Waals surface area contributed by atoms with Gasteiger partial charge in [-0.2, -0.15) is 0 Å². The van der Waals surface area contributed by atoms with Crippen LogP contribution in [0.1, 0.15) is 57.6 Å². The number of nitrogens with zero attached hydrogens (tertiary/aromatic N) is 4. The van der Waals surface area contributed by atoms with E-state index in [1.165, 1.54) is 11.1 Å². The number of hydrogen-bond acceptors (Lipinski definition) is 5. The van der Waals surface area contributed by atoms with Gasteiger partial charge in [0.2, 0.25) is 5.91 Å². The molecule has 0 aliphatic rings. The summed E-state index contributed by atoms with van der Waals surface area (Å²) in [6.45, 7) is 13.9. The lowest BCUT2D eigenvalue weighted by atomic mass is 10.1. The molecule has 3 aromatic rings. The summed E-state index contributed by atoms with van der Waals surface area (Å²) < 4.78 is 2.12. The van der Waals surface area contributed by atoms with Gasteiger partial charge >= 0.3 is 0 Å². The van der Waals surface area contributed by atoms with Crippen LogP contribution in [0.3, 0.4) is 0 Å². The van der Waals surface area contributed by atoms with Crippen LogP contribution in [0.4, 0.5) is 0 Å². The predicted octanol–water partition coefficient (Wildman–Crippen LogP) is 6.05. The van der Waals surface area contributed by atoms with Gasteiger partial charge in [-0.05, 0) is 71.8 Å². The number of carbonyl (C=O) groups is 1. The fraction of sp³-hybridized carbons (Fsp3) is 0.483. The van der Waals surface area contributed by atoms with Crippen molar-refractivity contribution in [3.8, 4) is 17.1 Å². The molecule has 1 heterocycles. The van der Waals surface area contributed by atoms with E-state index in [0.29, 0.717) is 6.42 Å². The fourth-order valence-electron chi connectivity index (χ4n) is 4.16. The first-order chi connectivity index (χ1) is 17.4. The standard InChI is InChI=1S/C29H41N5OS/c1-6-33(7-2)20-8-10-24(5)30-27(35)11-9-21-36-29-32-31-28(25-16-12-22(3)13-17-25)34(29)26-18-14-23(4)15-19-26/h12-19,24H,6-11,20-21H2,1-5H3,(H,30,35). The Bertz CT molecular complexity index is 1070. The molecule has 1 amide bonds. The van der Waals surface area contributed by atoms with Gasteiger partial charge in [0.25, 0.3) is 0 Å². The molecule has 194 valence electrons. The summed E-state index contributed by atoms with van der Waals surface area (Å²) in [5.74, 6) is 1.77. The average molecular weight is 508 g/mol. The number of aromatic nitrogens is 3. The summed E-state index contributed by atoms with van der Waals surface area (Å²) in [7, 11) is 0. The number of benzene rings is 2. The summed E-state index contributed by atoms with van der Waals surface area (Å²) in [4.78, 5) is 14.9. The van der Waals surface area contributed by atoms with Crippen molar-refractivity contribution < 1.29 is 4.79 Å². The molecule has 2 aromatic carbocycles. The van der Waals surface area contributed by atoms with Crippen LogP contribution in [0.15, 0.2) is 53.7 Å². The Labute approximate surface area is 220 Å². The number of thioether (sulfide) groups is 1. The lowest BCUT2D eigenvalue weighted by Gasteiger charge is -2.19. The molecule has 7 heteroatoms. The molecule has 0 aliphatic carbocycles. The summed E-state index contributed by atoms with van der Waals surface area (Å²) in [6, 6.07) is 17.0. The van der Waals surface area contributed by atoms with Crippen molar-refractivity contribution in [2.45, 2.75) is 71.5 Å². The summed E-state index contributed by atoms with van der Waals surface area (Å²) in [5, 5.41) is 13.1. The van der Waals surface area contributed by atoms with E-state index in [0.717, 1.165) is 66.9 Å². The third-order valence-electron chi connectivity index (χ3n) is 6.43. The summed E-state index contributed by atoms with van der Waals surface area (Å²) >= 11 is 1.65. The van der Waals surface area contributed by atoms with E-state index in [2.05, 4.69) is 108 Å². The fourth-order valence-corrected chi connectivity index (χ4v) is 5.05. The highest BCUT2D eigenvalue weighted by molar-refractivity contribution is 7.99. The molecule has 1 aromatic heterocycles. The Morgan fingerprint density at radius 3 is 2.25 bits per heavy atom. The van der Waals surface area contributed by atoms with Gasteiger partial charge < -0.3 is 10.2 Å². The van der Waals surface area contributed by atoms with Crippen molar-refractivity contribution in [1.82, 2.24) is 25.0 Å². The van der Waals surface area contributed by atoms with E-state index < -0.39 is 0 Å². The number of carbonyl (C=O) groups excluding carboxylic acids is 1.